The maximum atomic E-state index is 13.9. The SMILES string of the molecule is COC(=O)[C@@H]1C[C@H](NC(=O)C=Cc2ccccc2)CN1C(=O)C(c1ccccc1)c1ccccc1. The topological polar surface area (TPSA) is 75.7 Å². The van der Waals surface area contributed by atoms with E-state index in [1.807, 2.05) is 91.0 Å². The van der Waals surface area contributed by atoms with E-state index in [4.69, 9.17) is 4.74 Å². The van der Waals surface area contributed by atoms with E-state index in [1.165, 1.54) is 13.2 Å². The summed E-state index contributed by atoms with van der Waals surface area (Å²) in [5, 5.41) is 2.93. The predicted octanol–water partition coefficient (Wildman–Crippen LogP) is 3.79. The molecule has 1 heterocycles. The number of esters is 1. The van der Waals surface area contributed by atoms with Crippen LogP contribution in [0.5, 0.6) is 0 Å². The first kappa shape index (κ1) is 24.0. The van der Waals surface area contributed by atoms with Crippen LogP contribution in [0.1, 0.15) is 29.0 Å². The molecule has 1 aliphatic rings. The molecule has 1 aliphatic heterocycles. The van der Waals surface area contributed by atoms with Crippen LogP contribution < -0.4 is 5.32 Å². The van der Waals surface area contributed by atoms with E-state index in [0.717, 1.165) is 16.7 Å². The van der Waals surface area contributed by atoms with Crippen LogP contribution in [-0.2, 0) is 19.1 Å². The number of hydrogen-bond donors (Lipinski definition) is 1. The zero-order valence-corrected chi connectivity index (χ0v) is 19.5. The Morgan fingerprint density at radius 2 is 1.43 bits per heavy atom. The van der Waals surface area contributed by atoms with Gasteiger partial charge in [0.1, 0.15) is 6.04 Å². The van der Waals surface area contributed by atoms with Gasteiger partial charge in [-0.25, -0.2) is 4.79 Å². The van der Waals surface area contributed by atoms with E-state index >= 15 is 0 Å². The molecule has 2 atom stereocenters. The second-order valence-electron chi connectivity index (χ2n) is 8.47. The van der Waals surface area contributed by atoms with E-state index in [-0.39, 0.29) is 24.4 Å². The van der Waals surface area contributed by atoms with Gasteiger partial charge in [0, 0.05) is 25.1 Å². The van der Waals surface area contributed by atoms with Crippen LogP contribution in [0, 0.1) is 0 Å². The molecule has 3 aromatic carbocycles. The lowest BCUT2D eigenvalue weighted by Crippen LogP contribution is -2.44. The lowest BCUT2D eigenvalue weighted by molar-refractivity contribution is -0.151. The number of carbonyl (C=O) groups is 3. The summed E-state index contributed by atoms with van der Waals surface area (Å²) in [5.74, 6) is -1.54. The minimum absolute atomic E-state index is 0.200. The van der Waals surface area contributed by atoms with Gasteiger partial charge < -0.3 is 15.0 Å². The lowest BCUT2D eigenvalue weighted by Gasteiger charge is -2.28. The van der Waals surface area contributed by atoms with Gasteiger partial charge in [0.2, 0.25) is 11.8 Å². The fraction of sp³-hybridized carbons (Fsp3) is 0.207. The number of likely N-dealkylation sites (tertiary alicyclic amines) is 1. The molecule has 35 heavy (non-hydrogen) atoms. The van der Waals surface area contributed by atoms with E-state index in [1.54, 1.807) is 11.0 Å². The van der Waals surface area contributed by atoms with Crippen molar-refractivity contribution in [3.05, 3.63) is 114 Å². The molecule has 0 spiro atoms. The van der Waals surface area contributed by atoms with Crippen molar-refractivity contribution >= 4 is 23.9 Å². The lowest BCUT2D eigenvalue weighted by atomic mass is 9.90. The highest BCUT2D eigenvalue weighted by Crippen LogP contribution is 2.31. The van der Waals surface area contributed by atoms with E-state index in [9.17, 15) is 14.4 Å². The van der Waals surface area contributed by atoms with Crippen molar-refractivity contribution in [1.29, 1.82) is 0 Å². The Kier molecular flexibility index (Phi) is 7.73. The Bertz CT molecular complexity index is 1140. The summed E-state index contributed by atoms with van der Waals surface area (Å²) in [4.78, 5) is 40.6. The van der Waals surface area contributed by atoms with E-state index in [2.05, 4.69) is 5.32 Å². The number of rotatable bonds is 7. The van der Waals surface area contributed by atoms with Gasteiger partial charge >= 0.3 is 5.97 Å². The molecule has 2 amide bonds. The molecule has 1 fully saturated rings. The Balaban J connectivity index is 1.55. The molecule has 1 N–H and O–H groups in total. The predicted molar refractivity (Wildman–Crippen MR) is 134 cm³/mol. The van der Waals surface area contributed by atoms with Gasteiger partial charge in [-0.3, -0.25) is 9.59 Å². The summed E-state index contributed by atoms with van der Waals surface area (Å²) in [6, 6.07) is 27.4. The molecule has 0 aromatic heterocycles. The van der Waals surface area contributed by atoms with Crippen molar-refractivity contribution in [2.45, 2.75) is 24.4 Å². The Hall–Kier alpha value is -4.19. The average Bonchev–Trinajstić information content (AvgIpc) is 3.32. The third-order valence-electron chi connectivity index (χ3n) is 6.14. The average molecular weight is 469 g/mol. The fourth-order valence-corrected chi connectivity index (χ4v) is 4.46. The number of nitrogens with one attached hydrogen (secondary N) is 1. The summed E-state index contributed by atoms with van der Waals surface area (Å²) in [6.45, 7) is 0.222. The van der Waals surface area contributed by atoms with Crippen molar-refractivity contribution in [2.75, 3.05) is 13.7 Å². The largest absolute Gasteiger partial charge is 0.467 e. The van der Waals surface area contributed by atoms with E-state index < -0.39 is 17.9 Å². The number of amides is 2. The molecule has 1 saturated heterocycles. The molecule has 4 rings (SSSR count). The number of benzene rings is 3. The van der Waals surface area contributed by atoms with Crippen LogP contribution in [0.2, 0.25) is 0 Å². The van der Waals surface area contributed by atoms with Crippen LogP contribution in [0.3, 0.4) is 0 Å². The van der Waals surface area contributed by atoms with Crippen LogP contribution in [0.25, 0.3) is 6.08 Å². The minimum atomic E-state index is -0.772. The van der Waals surface area contributed by atoms with Gasteiger partial charge in [0.25, 0.3) is 0 Å². The second kappa shape index (κ2) is 11.3. The van der Waals surface area contributed by atoms with Crippen molar-refractivity contribution in [2.24, 2.45) is 0 Å². The highest BCUT2D eigenvalue weighted by molar-refractivity contribution is 5.93. The molecule has 0 aliphatic carbocycles. The molecule has 178 valence electrons. The van der Waals surface area contributed by atoms with Gasteiger partial charge in [-0.1, -0.05) is 91.0 Å². The number of nitrogens with zero attached hydrogens (tertiary/aromatic N) is 1. The fourth-order valence-electron chi connectivity index (χ4n) is 4.46. The molecule has 6 heteroatoms. The minimum Gasteiger partial charge on any atom is -0.467 e. The maximum absolute atomic E-state index is 13.9. The standard InChI is InChI=1S/C29H28N2O4/c1-35-29(34)25-19-24(30-26(32)18-17-21-11-5-2-6-12-21)20-31(25)28(33)27(22-13-7-3-8-14-22)23-15-9-4-10-16-23/h2-18,24-25,27H,19-20H2,1H3,(H,30,32)/t24-,25-/m0/s1. The zero-order valence-electron chi connectivity index (χ0n) is 19.5. The van der Waals surface area contributed by atoms with Crippen molar-refractivity contribution in [1.82, 2.24) is 10.2 Å². The molecular formula is C29H28N2O4. The number of hydrogen-bond acceptors (Lipinski definition) is 4. The molecule has 0 unspecified atom stereocenters. The summed E-state index contributed by atoms with van der Waals surface area (Å²) < 4.78 is 5.00. The molecular weight excluding hydrogens is 440 g/mol. The van der Waals surface area contributed by atoms with Crippen LogP contribution in [-0.4, -0.2) is 48.4 Å². The normalized spacial score (nSPS) is 17.5. The second-order valence-corrected chi connectivity index (χ2v) is 8.47. The van der Waals surface area contributed by atoms with Crippen LogP contribution in [0.4, 0.5) is 0 Å². The van der Waals surface area contributed by atoms with Gasteiger partial charge in [-0.05, 0) is 22.8 Å². The first-order valence-corrected chi connectivity index (χ1v) is 11.6. The van der Waals surface area contributed by atoms with Crippen molar-refractivity contribution < 1.29 is 19.1 Å². The summed E-state index contributed by atoms with van der Waals surface area (Å²) in [7, 11) is 1.31. The highest BCUT2D eigenvalue weighted by atomic mass is 16.5. The zero-order chi connectivity index (χ0) is 24.6. The van der Waals surface area contributed by atoms with Gasteiger partial charge in [0.05, 0.1) is 13.0 Å². The van der Waals surface area contributed by atoms with Crippen LogP contribution in [0.15, 0.2) is 97.1 Å². The molecule has 3 aromatic rings. The highest BCUT2D eigenvalue weighted by Gasteiger charge is 2.43. The quantitative estimate of drug-likeness (QED) is 0.423. The van der Waals surface area contributed by atoms with Gasteiger partial charge in [-0.15, -0.1) is 0 Å². The number of ether oxygens (including phenoxy) is 1. The smallest absolute Gasteiger partial charge is 0.328 e. The molecule has 0 saturated carbocycles. The molecule has 0 radical (unpaired) electrons. The monoisotopic (exact) mass is 468 g/mol. The maximum Gasteiger partial charge on any atom is 0.328 e. The van der Waals surface area contributed by atoms with Crippen molar-refractivity contribution in [3.8, 4) is 0 Å². The summed E-state index contributed by atoms with van der Waals surface area (Å²) in [6.07, 6.45) is 3.48. The van der Waals surface area contributed by atoms with E-state index in [0.29, 0.717) is 6.42 Å². The summed E-state index contributed by atoms with van der Waals surface area (Å²) in [5.41, 5.74) is 2.59. The van der Waals surface area contributed by atoms with Gasteiger partial charge in [0.15, 0.2) is 0 Å². The number of carbonyl (C=O) groups excluding carboxylic acids is 3. The van der Waals surface area contributed by atoms with Crippen LogP contribution >= 0.6 is 0 Å². The Labute approximate surface area is 205 Å². The van der Waals surface area contributed by atoms with Crippen molar-refractivity contribution in [3.63, 3.8) is 0 Å². The first-order chi connectivity index (χ1) is 17.1. The third kappa shape index (κ3) is 5.84. The van der Waals surface area contributed by atoms with Gasteiger partial charge in [-0.2, -0.15) is 0 Å². The first-order valence-electron chi connectivity index (χ1n) is 11.6. The summed E-state index contributed by atoms with van der Waals surface area (Å²) >= 11 is 0. The number of methoxy groups -OCH3 is 1. The third-order valence-corrected chi connectivity index (χ3v) is 6.14. The Morgan fingerprint density at radius 3 is 1.97 bits per heavy atom. The Morgan fingerprint density at radius 1 is 0.886 bits per heavy atom. The molecule has 0 bridgehead atoms. The molecule has 6 nitrogen and oxygen atoms in total.